The standard InChI is InChI=1S/C45H48O25/c46-15-27-33(54)38(59)42(70-44-40(61)37(58)34(55)28(69-44)16-62-31(52)10-3-18-1-6-20(47)7-2-18)45(67-27)66-26-13-23-24(64-41(26)19-4-8-21(48)9-5-19)11-22(49)12-25(23)65-43-39(60)36(57)35(56)29(68-43)17-63-32(53)14-30(50)51/h1-13,27-29,33-40,42-48,54-61H,14-17H2,(H,50,51)/t27-,28-,29-,33-,34-,35-,36+,37+,38+,39-,40-,42-,43-,44+,45-/m1/s1. The lowest BCUT2D eigenvalue weighted by molar-refractivity contribution is -0.358. The summed E-state index contributed by atoms with van der Waals surface area (Å²) in [5.41, 5.74) is -0.188. The highest BCUT2D eigenvalue weighted by atomic mass is 16.8. The molecule has 2 aromatic rings. The molecule has 3 fully saturated rings. The van der Waals surface area contributed by atoms with Crippen molar-refractivity contribution in [2.45, 2.75) is 98.5 Å². The maximum atomic E-state index is 13.1. The van der Waals surface area contributed by atoms with E-state index >= 15 is 0 Å². The number of aliphatic hydroxyl groups is 9. The normalized spacial score (nSPS) is 31.2. The average Bonchev–Trinajstić information content (AvgIpc) is 3.32. The number of hydrogen-bond acceptors (Lipinski definition) is 24. The summed E-state index contributed by atoms with van der Waals surface area (Å²) in [7, 11) is 0. The number of hydrogen-bond donors (Lipinski definition) is 12. The number of phenolic OH excluding ortho intramolecular Hbond substituents is 2. The number of carboxylic acids is 1. The highest BCUT2D eigenvalue weighted by molar-refractivity contribution is 5.90. The number of esters is 2. The maximum Gasteiger partial charge on any atom is 0.330 e. The van der Waals surface area contributed by atoms with E-state index in [0.29, 0.717) is 5.56 Å². The molecule has 0 bridgehead atoms. The molecule has 0 aromatic heterocycles. The van der Waals surface area contributed by atoms with E-state index in [0.717, 1.165) is 18.2 Å². The lowest BCUT2D eigenvalue weighted by Gasteiger charge is -2.46. The van der Waals surface area contributed by atoms with Gasteiger partial charge in [0.25, 0.3) is 0 Å². The molecule has 0 amide bonds. The molecule has 7 rings (SSSR count). The summed E-state index contributed by atoms with van der Waals surface area (Å²) in [4.78, 5) is 48.5. The first-order chi connectivity index (χ1) is 33.3. The molecule has 3 saturated heterocycles. The van der Waals surface area contributed by atoms with Gasteiger partial charge in [-0.3, -0.25) is 14.4 Å². The van der Waals surface area contributed by atoms with E-state index in [4.69, 9.17) is 47.4 Å². The fourth-order valence-electron chi connectivity index (χ4n) is 7.49. The van der Waals surface area contributed by atoms with Crippen LogP contribution in [0.3, 0.4) is 0 Å². The lowest BCUT2D eigenvalue weighted by atomic mass is 9.97. The third-order valence-electron chi connectivity index (χ3n) is 11.3. The smallest absolute Gasteiger partial charge is 0.330 e. The van der Waals surface area contributed by atoms with Crippen molar-refractivity contribution in [2.75, 3.05) is 19.8 Å². The van der Waals surface area contributed by atoms with E-state index in [1.54, 1.807) is 0 Å². The minimum Gasteiger partial charge on any atom is -0.508 e. The fraction of sp³-hybridized carbons (Fsp3) is 0.422. The van der Waals surface area contributed by atoms with Crippen LogP contribution in [0.1, 0.15) is 12.0 Å². The van der Waals surface area contributed by atoms with E-state index in [-0.39, 0.29) is 39.9 Å². The van der Waals surface area contributed by atoms with Gasteiger partial charge in [-0.2, -0.15) is 0 Å². The Labute approximate surface area is 394 Å². The number of carboxylic acid groups (broad SMARTS) is 1. The second kappa shape index (κ2) is 22.2. The highest BCUT2D eigenvalue weighted by Crippen LogP contribution is 2.43. The average molecular weight is 989 g/mol. The molecule has 5 aliphatic rings. The predicted molar refractivity (Wildman–Crippen MR) is 227 cm³/mol. The SMILES string of the molecule is O=C(O)CC(=O)OC[C@H]1O[C@@H](Oc2cc(=O)cc3oc(-c4ccc(O)cc4)c(O[C@@H]4O[C@H](CO)[C@@H](O)[C@H](O)[C@H]4O[C@@H]4O[C@H](COC(=O)C=Cc5ccc(O)cc5)[C@@H](O)[C@H](O)[C@H]4O)cc2-3)[C@H](O)[C@@H](O)[C@@H]1O. The zero-order valence-corrected chi connectivity index (χ0v) is 36.2. The molecular formula is C45H48O25. The summed E-state index contributed by atoms with van der Waals surface area (Å²) in [6.45, 7) is -2.43. The van der Waals surface area contributed by atoms with Crippen LogP contribution in [0, 0.1) is 0 Å². The first kappa shape index (κ1) is 51.5. The second-order valence-electron chi connectivity index (χ2n) is 16.2. The number of phenols is 2. The number of rotatable bonds is 16. The molecule has 12 N–H and O–H groups in total. The van der Waals surface area contributed by atoms with Crippen molar-refractivity contribution in [3.8, 4) is 45.6 Å². The molecule has 0 radical (unpaired) electrons. The molecule has 70 heavy (non-hydrogen) atoms. The minimum absolute atomic E-state index is 0.00602. The van der Waals surface area contributed by atoms with Crippen LogP contribution in [0.5, 0.6) is 23.0 Å². The van der Waals surface area contributed by atoms with Crippen LogP contribution >= 0.6 is 0 Å². The van der Waals surface area contributed by atoms with Crippen LogP contribution in [0.4, 0.5) is 0 Å². The van der Waals surface area contributed by atoms with Crippen molar-refractivity contribution in [3.63, 3.8) is 0 Å². The Morgan fingerprint density at radius 2 is 1.17 bits per heavy atom. The Bertz CT molecular complexity index is 2490. The summed E-state index contributed by atoms with van der Waals surface area (Å²) in [6.07, 6.45) is -27.0. The lowest BCUT2D eigenvalue weighted by Crippen LogP contribution is -2.65. The van der Waals surface area contributed by atoms with Gasteiger partial charge in [-0.05, 0) is 54.1 Å². The quantitative estimate of drug-likeness (QED) is 0.0309. The van der Waals surface area contributed by atoms with E-state index in [2.05, 4.69) is 0 Å². The molecule has 378 valence electrons. The molecule has 0 spiro atoms. The Balaban J connectivity index is 1.18. The number of aliphatic carboxylic acids is 1. The first-order valence-corrected chi connectivity index (χ1v) is 21.2. The summed E-state index contributed by atoms with van der Waals surface area (Å²) >= 11 is 0. The molecule has 1 aliphatic carbocycles. The van der Waals surface area contributed by atoms with Gasteiger partial charge in [0.2, 0.25) is 12.6 Å². The molecule has 25 nitrogen and oxygen atoms in total. The Kier molecular flexibility index (Phi) is 16.3. The highest BCUT2D eigenvalue weighted by Gasteiger charge is 2.52. The zero-order valence-electron chi connectivity index (χ0n) is 36.2. The number of fused-ring (bicyclic) bond motifs is 1. The summed E-state index contributed by atoms with van der Waals surface area (Å²) in [6, 6.07) is 14.2. The zero-order chi connectivity index (χ0) is 50.6. The largest absolute Gasteiger partial charge is 0.508 e. The van der Waals surface area contributed by atoms with Gasteiger partial charge in [-0.1, -0.05) is 12.1 Å². The number of carbonyl (C=O) groups is 3. The number of benzene rings is 3. The summed E-state index contributed by atoms with van der Waals surface area (Å²) in [5, 5.41) is 126. The van der Waals surface area contributed by atoms with Gasteiger partial charge in [0.15, 0.2) is 29.3 Å². The van der Waals surface area contributed by atoms with Crippen LogP contribution in [0.15, 0.2) is 82.0 Å². The number of ether oxygens (including phenoxy) is 8. The van der Waals surface area contributed by atoms with Crippen molar-refractivity contribution >= 4 is 24.0 Å². The third-order valence-corrected chi connectivity index (χ3v) is 11.3. The van der Waals surface area contributed by atoms with Crippen molar-refractivity contribution in [2.24, 2.45) is 0 Å². The second-order valence-corrected chi connectivity index (χ2v) is 16.2. The van der Waals surface area contributed by atoms with Crippen molar-refractivity contribution in [3.05, 3.63) is 88.6 Å². The maximum absolute atomic E-state index is 13.1. The molecule has 4 aliphatic heterocycles. The third kappa shape index (κ3) is 11.8. The van der Waals surface area contributed by atoms with Gasteiger partial charge in [0, 0.05) is 23.8 Å². The predicted octanol–water partition coefficient (Wildman–Crippen LogP) is -2.71. The molecule has 15 atom stereocenters. The minimum atomic E-state index is -2.07. The summed E-state index contributed by atoms with van der Waals surface area (Å²) < 4.78 is 51.4. The topological polar surface area (TPSA) is 398 Å². The van der Waals surface area contributed by atoms with Gasteiger partial charge < -0.3 is 104 Å². The van der Waals surface area contributed by atoms with Crippen LogP contribution in [-0.4, -0.2) is 191 Å². The Morgan fingerprint density at radius 3 is 1.80 bits per heavy atom. The Hall–Kier alpha value is -6.30. The fourth-order valence-corrected chi connectivity index (χ4v) is 7.49. The number of aliphatic hydroxyl groups excluding tert-OH is 9. The van der Waals surface area contributed by atoms with Gasteiger partial charge in [0.05, 0.1) is 12.2 Å². The van der Waals surface area contributed by atoms with Crippen LogP contribution in [0.25, 0.3) is 28.7 Å². The van der Waals surface area contributed by atoms with Gasteiger partial charge >= 0.3 is 17.9 Å². The van der Waals surface area contributed by atoms with E-state index in [9.17, 15) is 75.3 Å². The van der Waals surface area contributed by atoms with Crippen molar-refractivity contribution in [1.29, 1.82) is 0 Å². The van der Waals surface area contributed by atoms with Crippen LogP contribution in [0.2, 0.25) is 0 Å². The number of carbonyl (C=O) groups excluding carboxylic acids is 2. The molecule has 4 heterocycles. The molecule has 0 saturated carbocycles. The Morgan fingerprint density at radius 1 is 0.614 bits per heavy atom. The molecule has 2 aromatic carbocycles. The van der Waals surface area contributed by atoms with Crippen molar-refractivity contribution in [1.82, 2.24) is 0 Å². The van der Waals surface area contributed by atoms with Gasteiger partial charge in [0.1, 0.15) is 110 Å². The van der Waals surface area contributed by atoms with Crippen LogP contribution in [-0.2, 0) is 42.8 Å². The van der Waals surface area contributed by atoms with E-state index in [1.807, 2.05) is 0 Å². The number of aromatic hydroxyl groups is 2. The van der Waals surface area contributed by atoms with Gasteiger partial charge in [-0.25, -0.2) is 4.79 Å². The monoisotopic (exact) mass is 988 g/mol. The molecular weight excluding hydrogens is 940 g/mol. The van der Waals surface area contributed by atoms with Crippen LogP contribution < -0.4 is 14.9 Å². The van der Waals surface area contributed by atoms with E-state index in [1.165, 1.54) is 60.7 Å². The first-order valence-electron chi connectivity index (χ1n) is 21.2. The van der Waals surface area contributed by atoms with E-state index < -0.39 is 147 Å². The van der Waals surface area contributed by atoms with Crippen molar-refractivity contribution < 1.29 is 118 Å². The van der Waals surface area contributed by atoms with Gasteiger partial charge in [-0.15, -0.1) is 0 Å². The summed E-state index contributed by atoms with van der Waals surface area (Å²) in [5.74, 6) is -5.04. The molecule has 25 heteroatoms. The molecule has 0 unspecified atom stereocenters.